The molecule has 0 aliphatic carbocycles. The van der Waals surface area contributed by atoms with Gasteiger partial charge in [-0.3, -0.25) is 4.90 Å². The number of alkyl halides is 3. The fourth-order valence-electron chi connectivity index (χ4n) is 3.83. The Labute approximate surface area is 145 Å². The van der Waals surface area contributed by atoms with Gasteiger partial charge in [0.2, 0.25) is 0 Å². The maximum Gasteiger partial charge on any atom is 0.416 e. The minimum atomic E-state index is -4.54. The first-order valence-corrected chi connectivity index (χ1v) is 8.78. The van der Waals surface area contributed by atoms with E-state index in [2.05, 4.69) is 4.90 Å². The molecular weight excluding hydrogens is 336 g/mol. The maximum atomic E-state index is 14.0. The van der Waals surface area contributed by atoms with Crippen LogP contribution in [0.3, 0.4) is 0 Å². The van der Waals surface area contributed by atoms with E-state index in [4.69, 9.17) is 0 Å². The van der Waals surface area contributed by atoms with Crippen LogP contribution in [0, 0.1) is 5.82 Å². The Balaban J connectivity index is 1.59. The molecule has 0 spiro atoms. The van der Waals surface area contributed by atoms with E-state index in [1.807, 2.05) is 4.90 Å². The summed E-state index contributed by atoms with van der Waals surface area (Å²) in [6, 6.07) is 2.65. The summed E-state index contributed by atoms with van der Waals surface area (Å²) in [5, 5.41) is 10.8. The predicted octanol–water partition coefficient (Wildman–Crippen LogP) is 3.27. The van der Waals surface area contributed by atoms with Crippen molar-refractivity contribution in [1.29, 1.82) is 0 Å². The molecule has 140 valence electrons. The number of rotatable bonds is 4. The van der Waals surface area contributed by atoms with Gasteiger partial charge in [0.1, 0.15) is 5.82 Å². The number of hydrogen-bond donors (Lipinski definition) is 1. The lowest BCUT2D eigenvalue weighted by atomic mass is 10.0. The summed E-state index contributed by atoms with van der Waals surface area (Å²) < 4.78 is 51.8. The quantitative estimate of drug-likeness (QED) is 0.835. The third kappa shape index (κ3) is 4.71. The SMILES string of the molecule is O[C@]1(CN2CCCCC2)CCN(Cc2ccc(C(F)(F)F)cc2F)C1. The Hall–Kier alpha value is -1.18. The summed E-state index contributed by atoms with van der Waals surface area (Å²) in [7, 11) is 0. The van der Waals surface area contributed by atoms with Crippen molar-refractivity contribution in [2.24, 2.45) is 0 Å². The first-order valence-electron chi connectivity index (χ1n) is 8.78. The van der Waals surface area contributed by atoms with Crippen molar-refractivity contribution in [1.82, 2.24) is 9.80 Å². The standard InChI is InChI=1S/C18H24F4N2O/c19-16-10-15(18(20,21)22)5-4-14(16)11-24-9-6-17(25,13-24)12-23-7-2-1-3-8-23/h4-5,10,25H,1-3,6-9,11-13H2/t17-/m0/s1. The number of piperidine rings is 1. The molecule has 2 fully saturated rings. The molecule has 0 bridgehead atoms. The summed E-state index contributed by atoms with van der Waals surface area (Å²) >= 11 is 0. The highest BCUT2D eigenvalue weighted by atomic mass is 19.4. The number of halogens is 4. The van der Waals surface area contributed by atoms with Crippen molar-refractivity contribution < 1.29 is 22.7 Å². The summed E-state index contributed by atoms with van der Waals surface area (Å²) in [6.45, 7) is 3.85. The molecule has 2 heterocycles. The van der Waals surface area contributed by atoms with Gasteiger partial charge in [0.25, 0.3) is 0 Å². The highest BCUT2D eigenvalue weighted by Crippen LogP contribution is 2.31. The van der Waals surface area contributed by atoms with Crippen molar-refractivity contribution in [3.8, 4) is 0 Å². The van der Waals surface area contributed by atoms with Crippen LogP contribution in [-0.4, -0.2) is 53.2 Å². The zero-order chi connectivity index (χ0) is 18.1. The number of nitrogens with zero attached hydrogens (tertiary/aromatic N) is 2. The lowest BCUT2D eigenvalue weighted by Crippen LogP contribution is -2.46. The van der Waals surface area contributed by atoms with E-state index in [9.17, 15) is 22.7 Å². The van der Waals surface area contributed by atoms with Crippen LogP contribution in [0.4, 0.5) is 17.6 Å². The summed E-state index contributed by atoms with van der Waals surface area (Å²) in [4.78, 5) is 4.18. The van der Waals surface area contributed by atoms with Crippen molar-refractivity contribution >= 4 is 0 Å². The monoisotopic (exact) mass is 360 g/mol. The number of benzene rings is 1. The molecule has 1 N–H and O–H groups in total. The average Bonchev–Trinajstić information content (AvgIpc) is 2.90. The van der Waals surface area contributed by atoms with E-state index in [-0.39, 0.29) is 12.1 Å². The van der Waals surface area contributed by atoms with Crippen molar-refractivity contribution in [3.05, 3.63) is 35.1 Å². The van der Waals surface area contributed by atoms with E-state index in [1.54, 1.807) is 0 Å². The van der Waals surface area contributed by atoms with Gasteiger partial charge in [-0.15, -0.1) is 0 Å². The van der Waals surface area contributed by atoms with E-state index in [0.717, 1.165) is 32.0 Å². The Kier molecular flexibility index (Phi) is 5.37. The molecule has 25 heavy (non-hydrogen) atoms. The second-order valence-corrected chi connectivity index (χ2v) is 7.33. The Bertz CT molecular complexity index is 601. The third-order valence-corrected chi connectivity index (χ3v) is 5.15. The molecular formula is C18H24F4N2O. The zero-order valence-electron chi connectivity index (χ0n) is 14.2. The molecule has 2 saturated heterocycles. The van der Waals surface area contributed by atoms with Crippen LogP contribution in [0.2, 0.25) is 0 Å². The van der Waals surface area contributed by atoms with Gasteiger partial charge >= 0.3 is 6.18 Å². The van der Waals surface area contributed by atoms with Crippen molar-refractivity contribution in [2.75, 3.05) is 32.7 Å². The number of β-amino-alcohol motifs (C(OH)–C–C–N with tert-alkyl or cyclic N) is 1. The van der Waals surface area contributed by atoms with E-state index in [1.165, 1.54) is 12.5 Å². The van der Waals surface area contributed by atoms with Crippen LogP contribution < -0.4 is 0 Å². The van der Waals surface area contributed by atoms with Crippen LogP contribution in [0.15, 0.2) is 18.2 Å². The highest BCUT2D eigenvalue weighted by Gasteiger charge is 2.38. The molecule has 3 nitrogen and oxygen atoms in total. The van der Waals surface area contributed by atoms with Crippen LogP contribution in [0.1, 0.15) is 36.8 Å². The summed E-state index contributed by atoms with van der Waals surface area (Å²) in [6.07, 6.45) is -0.408. The van der Waals surface area contributed by atoms with Gasteiger partial charge in [-0.05, 0) is 44.5 Å². The Morgan fingerprint density at radius 2 is 1.76 bits per heavy atom. The van der Waals surface area contributed by atoms with E-state index >= 15 is 0 Å². The zero-order valence-corrected chi connectivity index (χ0v) is 14.2. The van der Waals surface area contributed by atoms with Crippen LogP contribution in [-0.2, 0) is 12.7 Å². The van der Waals surface area contributed by atoms with Crippen LogP contribution in [0.25, 0.3) is 0 Å². The van der Waals surface area contributed by atoms with Crippen molar-refractivity contribution in [2.45, 2.75) is 44.0 Å². The second kappa shape index (κ2) is 7.21. The molecule has 1 aromatic rings. The summed E-state index contributed by atoms with van der Waals surface area (Å²) in [5.41, 5.74) is -1.56. The van der Waals surface area contributed by atoms with Gasteiger partial charge in [-0.2, -0.15) is 13.2 Å². The second-order valence-electron chi connectivity index (χ2n) is 7.33. The minimum absolute atomic E-state index is 0.215. The first-order chi connectivity index (χ1) is 11.8. The molecule has 0 amide bonds. The van der Waals surface area contributed by atoms with Crippen LogP contribution in [0.5, 0.6) is 0 Å². The normalized spacial score (nSPS) is 26.3. The lowest BCUT2D eigenvalue weighted by molar-refractivity contribution is -0.137. The molecule has 1 aromatic carbocycles. The molecule has 0 unspecified atom stereocenters. The molecule has 1 atom stereocenters. The van der Waals surface area contributed by atoms with Gasteiger partial charge in [-0.1, -0.05) is 12.5 Å². The minimum Gasteiger partial charge on any atom is -0.387 e. The molecule has 0 aromatic heterocycles. The number of likely N-dealkylation sites (tertiary alicyclic amines) is 2. The number of hydrogen-bond acceptors (Lipinski definition) is 3. The molecule has 2 aliphatic heterocycles. The molecule has 0 saturated carbocycles. The van der Waals surface area contributed by atoms with Gasteiger partial charge in [0, 0.05) is 31.7 Å². The first kappa shape index (κ1) is 18.6. The maximum absolute atomic E-state index is 14.0. The molecule has 3 rings (SSSR count). The van der Waals surface area contributed by atoms with E-state index in [0.29, 0.717) is 32.1 Å². The number of aliphatic hydroxyl groups is 1. The third-order valence-electron chi connectivity index (χ3n) is 5.15. The van der Waals surface area contributed by atoms with E-state index < -0.39 is 23.2 Å². The van der Waals surface area contributed by atoms with Crippen molar-refractivity contribution in [3.63, 3.8) is 0 Å². The van der Waals surface area contributed by atoms with Gasteiger partial charge in [0.15, 0.2) is 0 Å². The summed E-state index contributed by atoms with van der Waals surface area (Å²) in [5.74, 6) is -0.846. The molecule has 7 heteroatoms. The smallest absolute Gasteiger partial charge is 0.387 e. The topological polar surface area (TPSA) is 26.7 Å². The fourth-order valence-corrected chi connectivity index (χ4v) is 3.83. The highest BCUT2D eigenvalue weighted by molar-refractivity contribution is 5.26. The molecule has 2 aliphatic rings. The van der Waals surface area contributed by atoms with Gasteiger partial charge < -0.3 is 10.0 Å². The Morgan fingerprint density at radius 3 is 2.40 bits per heavy atom. The van der Waals surface area contributed by atoms with Crippen LogP contribution >= 0.6 is 0 Å². The largest absolute Gasteiger partial charge is 0.416 e. The average molecular weight is 360 g/mol. The van der Waals surface area contributed by atoms with Gasteiger partial charge in [-0.25, -0.2) is 4.39 Å². The van der Waals surface area contributed by atoms with Gasteiger partial charge in [0.05, 0.1) is 11.2 Å². The Morgan fingerprint density at radius 1 is 1.04 bits per heavy atom. The predicted molar refractivity (Wildman–Crippen MR) is 86.5 cm³/mol. The fraction of sp³-hybridized carbons (Fsp3) is 0.667. The lowest BCUT2D eigenvalue weighted by Gasteiger charge is -2.33. The molecule has 0 radical (unpaired) electrons.